The van der Waals surface area contributed by atoms with Crippen LogP contribution in [0, 0.1) is 0 Å². The third-order valence-electron chi connectivity index (χ3n) is 3.47. The van der Waals surface area contributed by atoms with Gasteiger partial charge in [-0.25, -0.2) is 9.97 Å². The fourth-order valence-electron chi connectivity index (χ4n) is 2.22. The third-order valence-corrected chi connectivity index (χ3v) is 3.47. The topological polar surface area (TPSA) is 64.1 Å². The second-order valence-corrected chi connectivity index (χ2v) is 5.26. The summed E-state index contributed by atoms with van der Waals surface area (Å²) in [6.45, 7) is 0. The molecule has 0 aliphatic carbocycles. The van der Waals surface area contributed by atoms with Crippen molar-refractivity contribution in [2.45, 2.75) is 0 Å². The molecule has 0 aliphatic heterocycles. The van der Waals surface area contributed by atoms with Crippen LogP contribution in [0.4, 0.5) is 5.69 Å². The molecule has 5 nitrogen and oxygen atoms in total. The summed E-state index contributed by atoms with van der Waals surface area (Å²) >= 11 is 0. The number of anilines is 1. The molecule has 0 fully saturated rings. The first kappa shape index (κ1) is 16.4. The molecule has 3 rings (SSSR count). The van der Waals surface area contributed by atoms with Crippen LogP contribution < -0.4 is 10.1 Å². The molecular formula is C20H17N3O2. The minimum absolute atomic E-state index is 0.236. The van der Waals surface area contributed by atoms with Crippen molar-refractivity contribution in [3.63, 3.8) is 0 Å². The number of benzene rings is 2. The SMILES string of the molecule is COc1cccc(NC(=O)/C=C/c2cnc(-c3ccccc3)nc2)c1. The standard InChI is InChI=1S/C20H17N3O2/c1-25-18-9-5-8-17(12-18)23-19(24)11-10-15-13-21-20(22-14-15)16-6-3-2-4-7-16/h2-14H,1H3,(H,23,24)/b11-10+. The van der Waals surface area contributed by atoms with Crippen molar-refractivity contribution in [1.29, 1.82) is 0 Å². The zero-order valence-electron chi connectivity index (χ0n) is 13.7. The summed E-state index contributed by atoms with van der Waals surface area (Å²) in [4.78, 5) is 20.6. The molecule has 0 unspecified atom stereocenters. The number of rotatable bonds is 5. The molecule has 3 aromatic rings. The fourth-order valence-corrected chi connectivity index (χ4v) is 2.22. The number of nitrogens with zero attached hydrogens (tertiary/aromatic N) is 2. The van der Waals surface area contributed by atoms with Gasteiger partial charge in [0.25, 0.3) is 0 Å². The molecule has 0 saturated heterocycles. The van der Waals surface area contributed by atoms with Crippen molar-refractivity contribution >= 4 is 17.7 Å². The number of amides is 1. The molecule has 0 saturated carbocycles. The van der Waals surface area contributed by atoms with Gasteiger partial charge in [-0.2, -0.15) is 0 Å². The van der Waals surface area contributed by atoms with E-state index in [9.17, 15) is 4.79 Å². The monoisotopic (exact) mass is 331 g/mol. The lowest BCUT2D eigenvalue weighted by atomic mass is 10.2. The predicted molar refractivity (Wildman–Crippen MR) is 98.1 cm³/mol. The molecule has 25 heavy (non-hydrogen) atoms. The molecule has 124 valence electrons. The summed E-state index contributed by atoms with van der Waals surface area (Å²) in [6.07, 6.45) is 6.49. The fraction of sp³-hybridized carbons (Fsp3) is 0.0500. The average molecular weight is 331 g/mol. The molecule has 0 aliphatic rings. The maximum Gasteiger partial charge on any atom is 0.248 e. The second kappa shape index (κ2) is 7.88. The number of hydrogen-bond donors (Lipinski definition) is 1. The Labute approximate surface area is 146 Å². The van der Waals surface area contributed by atoms with Crippen molar-refractivity contribution in [2.75, 3.05) is 12.4 Å². The Morgan fingerprint density at radius 2 is 1.80 bits per heavy atom. The van der Waals surface area contributed by atoms with Crippen LogP contribution in [0.1, 0.15) is 5.56 Å². The first-order valence-electron chi connectivity index (χ1n) is 7.75. The summed E-state index contributed by atoms with van der Waals surface area (Å²) in [5, 5.41) is 2.78. The minimum atomic E-state index is -0.236. The highest BCUT2D eigenvalue weighted by molar-refractivity contribution is 6.01. The molecule has 1 N–H and O–H groups in total. The Balaban J connectivity index is 1.64. The average Bonchev–Trinajstić information content (AvgIpc) is 2.67. The lowest BCUT2D eigenvalue weighted by molar-refractivity contribution is -0.111. The summed E-state index contributed by atoms with van der Waals surface area (Å²) in [6, 6.07) is 16.9. The lowest BCUT2D eigenvalue weighted by Gasteiger charge is -2.04. The van der Waals surface area contributed by atoms with Gasteiger partial charge in [0.05, 0.1) is 7.11 Å². The number of aromatic nitrogens is 2. The van der Waals surface area contributed by atoms with Gasteiger partial charge in [0.15, 0.2) is 5.82 Å². The Kier molecular flexibility index (Phi) is 5.16. The normalized spacial score (nSPS) is 10.6. The summed E-state index contributed by atoms with van der Waals surface area (Å²) in [7, 11) is 1.58. The van der Waals surface area contributed by atoms with Crippen LogP contribution in [0.3, 0.4) is 0 Å². The van der Waals surface area contributed by atoms with Gasteiger partial charge < -0.3 is 10.1 Å². The first-order chi connectivity index (χ1) is 12.2. The number of nitrogens with one attached hydrogen (secondary N) is 1. The van der Waals surface area contributed by atoms with Crippen LogP contribution in [-0.4, -0.2) is 23.0 Å². The minimum Gasteiger partial charge on any atom is -0.497 e. The summed E-state index contributed by atoms with van der Waals surface area (Å²) < 4.78 is 5.13. The lowest BCUT2D eigenvalue weighted by Crippen LogP contribution is -2.07. The first-order valence-corrected chi connectivity index (χ1v) is 7.75. The highest BCUT2D eigenvalue weighted by Gasteiger charge is 2.01. The zero-order chi connectivity index (χ0) is 17.5. The second-order valence-electron chi connectivity index (χ2n) is 5.26. The van der Waals surface area contributed by atoms with Gasteiger partial charge in [-0.1, -0.05) is 36.4 Å². The van der Waals surface area contributed by atoms with Gasteiger partial charge in [0, 0.05) is 41.4 Å². The number of hydrogen-bond acceptors (Lipinski definition) is 4. The summed E-state index contributed by atoms with van der Waals surface area (Å²) in [5.41, 5.74) is 2.37. The van der Waals surface area contributed by atoms with Crippen LogP contribution in [-0.2, 0) is 4.79 Å². The van der Waals surface area contributed by atoms with E-state index in [1.165, 1.54) is 6.08 Å². The number of carbonyl (C=O) groups excluding carboxylic acids is 1. The van der Waals surface area contributed by atoms with Gasteiger partial charge >= 0.3 is 0 Å². The van der Waals surface area contributed by atoms with Crippen LogP contribution >= 0.6 is 0 Å². The molecule has 2 aromatic carbocycles. The highest BCUT2D eigenvalue weighted by Crippen LogP contribution is 2.17. The van der Waals surface area contributed by atoms with Gasteiger partial charge in [0.2, 0.25) is 5.91 Å². The van der Waals surface area contributed by atoms with E-state index in [2.05, 4.69) is 15.3 Å². The zero-order valence-corrected chi connectivity index (χ0v) is 13.7. The van der Waals surface area contributed by atoms with Gasteiger partial charge in [0.1, 0.15) is 5.75 Å². The summed E-state index contributed by atoms with van der Waals surface area (Å²) in [5.74, 6) is 1.10. The molecule has 0 atom stereocenters. The van der Waals surface area contributed by atoms with E-state index >= 15 is 0 Å². The smallest absolute Gasteiger partial charge is 0.248 e. The van der Waals surface area contributed by atoms with E-state index < -0.39 is 0 Å². The van der Waals surface area contributed by atoms with E-state index in [0.717, 1.165) is 11.1 Å². The van der Waals surface area contributed by atoms with Crippen LogP contribution in [0.25, 0.3) is 17.5 Å². The molecular weight excluding hydrogens is 314 g/mol. The van der Waals surface area contributed by atoms with E-state index in [1.54, 1.807) is 37.7 Å². The van der Waals surface area contributed by atoms with Crippen molar-refractivity contribution in [3.05, 3.63) is 78.6 Å². The van der Waals surface area contributed by atoms with Crippen molar-refractivity contribution in [1.82, 2.24) is 9.97 Å². The molecule has 0 spiro atoms. The number of carbonyl (C=O) groups is 1. The van der Waals surface area contributed by atoms with Gasteiger partial charge in [-0.05, 0) is 18.2 Å². The maximum absolute atomic E-state index is 12.0. The Morgan fingerprint density at radius 3 is 2.52 bits per heavy atom. The largest absolute Gasteiger partial charge is 0.497 e. The molecule has 1 aromatic heterocycles. The van der Waals surface area contributed by atoms with Crippen LogP contribution in [0.15, 0.2) is 73.1 Å². The van der Waals surface area contributed by atoms with Crippen molar-refractivity contribution in [3.8, 4) is 17.1 Å². The molecule has 0 bridgehead atoms. The predicted octanol–water partition coefficient (Wildman–Crippen LogP) is 3.80. The van der Waals surface area contributed by atoms with E-state index in [0.29, 0.717) is 17.3 Å². The van der Waals surface area contributed by atoms with Crippen LogP contribution in [0.5, 0.6) is 5.75 Å². The van der Waals surface area contributed by atoms with E-state index in [-0.39, 0.29) is 5.91 Å². The molecule has 5 heteroatoms. The molecule has 1 amide bonds. The Hall–Kier alpha value is -3.47. The third kappa shape index (κ3) is 4.51. The number of ether oxygens (including phenoxy) is 1. The Bertz CT molecular complexity index is 875. The van der Waals surface area contributed by atoms with E-state index in [1.807, 2.05) is 42.5 Å². The highest BCUT2D eigenvalue weighted by atomic mass is 16.5. The Morgan fingerprint density at radius 1 is 1.04 bits per heavy atom. The van der Waals surface area contributed by atoms with Gasteiger partial charge in [-0.3, -0.25) is 4.79 Å². The molecule has 1 heterocycles. The maximum atomic E-state index is 12.0. The van der Waals surface area contributed by atoms with Crippen molar-refractivity contribution < 1.29 is 9.53 Å². The number of methoxy groups -OCH3 is 1. The molecule has 0 radical (unpaired) electrons. The van der Waals surface area contributed by atoms with Crippen LogP contribution in [0.2, 0.25) is 0 Å². The van der Waals surface area contributed by atoms with Crippen molar-refractivity contribution in [2.24, 2.45) is 0 Å². The van der Waals surface area contributed by atoms with Gasteiger partial charge in [-0.15, -0.1) is 0 Å². The van der Waals surface area contributed by atoms with E-state index in [4.69, 9.17) is 4.74 Å². The quantitative estimate of drug-likeness (QED) is 0.722.